The molecule has 3 N–H and O–H groups in total. The molecular weight excluding hydrogens is 322 g/mol. The molecule has 0 saturated carbocycles. The van der Waals surface area contributed by atoms with Gasteiger partial charge < -0.3 is 10.4 Å². The second-order valence-electron chi connectivity index (χ2n) is 5.36. The minimum absolute atomic E-state index is 0.0818. The fourth-order valence-electron chi connectivity index (χ4n) is 2.26. The number of aromatic amines is 1. The van der Waals surface area contributed by atoms with Gasteiger partial charge in [-0.2, -0.15) is 5.21 Å². The van der Waals surface area contributed by atoms with Crippen LogP contribution in [0, 0.1) is 0 Å². The van der Waals surface area contributed by atoms with Gasteiger partial charge in [0.1, 0.15) is 0 Å². The summed E-state index contributed by atoms with van der Waals surface area (Å²) in [6.45, 7) is 0. The summed E-state index contributed by atoms with van der Waals surface area (Å²) in [6.07, 6.45) is 0.541. The first-order chi connectivity index (χ1) is 12.1. The zero-order valence-electron chi connectivity index (χ0n) is 13.1. The summed E-state index contributed by atoms with van der Waals surface area (Å²) >= 11 is 0. The van der Waals surface area contributed by atoms with Gasteiger partial charge in [0.05, 0.1) is 0 Å². The van der Waals surface area contributed by atoms with E-state index in [2.05, 4.69) is 25.9 Å². The number of carbonyl (C=O) groups is 2. The van der Waals surface area contributed by atoms with Gasteiger partial charge in [0.25, 0.3) is 5.91 Å². The second-order valence-corrected chi connectivity index (χ2v) is 5.36. The molecule has 0 aliphatic rings. The smallest absolute Gasteiger partial charge is 0.303 e. The maximum Gasteiger partial charge on any atom is 0.303 e. The van der Waals surface area contributed by atoms with Crippen LogP contribution >= 0.6 is 0 Å². The van der Waals surface area contributed by atoms with Crippen molar-refractivity contribution in [1.82, 2.24) is 20.6 Å². The third kappa shape index (κ3) is 4.25. The van der Waals surface area contributed by atoms with E-state index in [1.807, 2.05) is 0 Å². The quantitative estimate of drug-likeness (QED) is 0.633. The predicted octanol–water partition coefficient (Wildman–Crippen LogP) is 2.14. The molecule has 1 amide bonds. The molecule has 1 heterocycles. The molecule has 0 atom stereocenters. The molecule has 0 aliphatic heterocycles. The van der Waals surface area contributed by atoms with E-state index in [1.165, 1.54) is 0 Å². The monoisotopic (exact) mass is 337 g/mol. The van der Waals surface area contributed by atoms with Crippen LogP contribution in [-0.2, 0) is 11.2 Å². The molecule has 0 bridgehead atoms. The number of H-pyrrole nitrogens is 1. The van der Waals surface area contributed by atoms with Crippen LogP contribution < -0.4 is 5.32 Å². The number of benzene rings is 2. The second kappa shape index (κ2) is 7.35. The lowest BCUT2D eigenvalue weighted by Crippen LogP contribution is -2.11. The normalized spacial score (nSPS) is 10.4. The number of amides is 1. The number of aryl methyl sites for hydroxylation is 1. The molecule has 0 spiro atoms. The Hall–Kier alpha value is -3.55. The van der Waals surface area contributed by atoms with Gasteiger partial charge in [-0.3, -0.25) is 9.59 Å². The molecule has 0 saturated heterocycles. The Bertz CT molecular complexity index is 858. The summed E-state index contributed by atoms with van der Waals surface area (Å²) in [5.41, 5.74) is 2.81. The van der Waals surface area contributed by atoms with E-state index in [0.717, 1.165) is 11.1 Å². The SMILES string of the molecule is O=C(O)CCc1ccc(NC(=O)c2ccc(-c3nn[nH]n3)cc2)cc1. The maximum absolute atomic E-state index is 12.3. The van der Waals surface area contributed by atoms with Crippen molar-refractivity contribution < 1.29 is 14.7 Å². The number of carbonyl (C=O) groups excluding carboxylic acids is 1. The number of carboxylic acids is 1. The highest BCUT2D eigenvalue weighted by Gasteiger charge is 2.08. The van der Waals surface area contributed by atoms with Gasteiger partial charge >= 0.3 is 5.97 Å². The van der Waals surface area contributed by atoms with Crippen molar-refractivity contribution in [2.75, 3.05) is 5.32 Å². The zero-order valence-corrected chi connectivity index (χ0v) is 13.1. The number of nitrogens with one attached hydrogen (secondary N) is 2. The van der Waals surface area contributed by atoms with Gasteiger partial charge in [0.15, 0.2) is 0 Å². The summed E-state index contributed by atoms with van der Waals surface area (Å²) in [5.74, 6) is -0.608. The van der Waals surface area contributed by atoms with Crippen molar-refractivity contribution in [3.05, 3.63) is 59.7 Å². The number of tetrazole rings is 1. The Labute approximate surface area is 142 Å². The van der Waals surface area contributed by atoms with Crippen molar-refractivity contribution in [3.63, 3.8) is 0 Å². The average molecular weight is 337 g/mol. The van der Waals surface area contributed by atoms with Crippen molar-refractivity contribution in [2.24, 2.45) is 0 Å². The summed E-state index contributed by atoms with van der Waals surface area (Å²) in [6, 6.07) is 14.0. The molecule has 126 valence electrons. The van der Waals surface area contributed by atoms with E-state index >= 15 is 0 Å². The number of carboxylic acid groups (broad SMARTS) is 1. The third-order valence-electron chi connectivity index (χ3n) is 3.59. The van der Waals surface area contributed by atoms with Crippen LogP contribution in [0.25, 0.3) is 11.4 Å². The number of hydrogen-bond donors (Lipinski definition) is 3. The van der Waals surface area contributed by atoms with E-state index < -0.39 is 5.97 Å². The van der Waals surface area contributed by atoms with Crippen molar-refractivity contribution in [2.45, 2.75) is 12.8 Å². The van der Waals surface area contributed by atoms with Gasteiger partial charge in [-0.15, -0.1) is 10.2 Å². The molecule has 8 nitrogen and oxygen atoms in total. The molecular formula is C17H15N5O3. The molecule has 0 radical (unpaired) electrons. The highest BCUT2D eigenvalue weighted by Crippen LogP contribution is 2.16. The molecule has 0 aliphatic carbocycles. The summed E-state index contributed by atoms with van der Waals surface area (Å²) in [7, 11) is 0. The lowest BCUT2D eigenvalue weighted by atomic mass is 10.1. The summed E-state index contributed by atoms with van der Waals surface area (Å²) in [4.78, 5) is 22.8. The van der Waals surface area contributed by atoms with Crippen LogP contribution in [0.5, 0.6) is 0 Å². The average Bonchev–Trinajstić information content (AvgIpc) is 3.16. The first kappa shape index (κ1) is 16.3. The molecule has 3 aromatic rings. The van der Waals surface area contributed by atoms with Crippen molar-refractivity contribution in [1.29, 1.82) is 0 Å². The van der Waals surface area contributed by atoms with Gasteiger partial charge in [0, 0.05) is 23.2 Å². The van der Waals surface area contributed by atoms with Crippen molar-refractivity contribution >= 4 is 17.6 Å². The highest BCUT2D eigenvalue weighted by molar-refractivity contribution is 6.04. The minimum atomic E-state index is -0.832. The van der Waals surface area contributed by atoms with Gasteiger partial charge in [-0.25, -0.2) is 0 Å². The molecule has 8 heteroatoms. The first-order valence-electron chi connectivity index (χ1n) is 7.58. The molecule has 3 rings (SSSR count). The summed E-state index contributed by atoms with van der Waals surface area (Å²) in [5, 5.41) is 25.1. The van der Waals surface area contributed by atoms with Crippen LogP contribution in [0.3, 0.4) is 0 Å². The number of rotatable bonds is 6. The maximum atomic E-state index is 12.3. The standard InChI is InChI=1S/C17H15N5O3/c23-15(24)10-3-11-1-8-14(9-2-11)18-17(25)13-6-4-12(5-7-13)16-19-21-22-20-16/h1-2,4-9H,3,10H2,(H,18,25)(H,23,24)(H,19,20,21,22). The first-order valence-corrected chi connectivity index (χ1v) is 7.58. The Morgan fingerprint density at radius 2 is 1.76 bits per heavy atom. The van der Waals surface area contributed by atoms with Crippen LogP contribution in [0.4, 0.5) is 5.69 Å². The lowest BCUT2D eigenvalue weighted by Gasteiger charge is -2.07. The lowest BCUT2D eigenvalue weighted by molar-refractivity contribution is -0.136. The van der Waals surface area contributed by atoms with E-state index in [0.29, 0.717) is 23.5 Å². The number of nitrogens with zero attached hydrogens (tertiary/aromatic N) is 3. The number of hydrogen-bond acceptors (Lipinski definition) is 5. The molecule has 0 unspecified atom stereocenters. The van der Waals surface area contributed by atoms with Gasteiger partial charge in [-0.05, 0) is 41.5 Å². The molecule has 0 fully saturated rings. The third-order valence-corrected chi connectivity index (χ3v) is 3.59. The number of anilines is 1. The van der Waals surface area contributed by atoms with E-state index in [9.17, 15) is 9.59 Å². The van der Waals surface area contributed by atoms with E-state index in [-0.39, 0.29) is 12.3 Å². The van der Waals surface area contributed by atoms with E-state index in [1.54, 1.807) is 48.5 Å². The van der Waals surface area contributed by atoms with Gasteiger partial charge in [0.2, 0.25) is 5.82 Å². The topological polar surface area (TPSA) is 121 Å². The van der Waals surface area contributed by atoms with Gasteiger partial charge in [-0.1, -0.05) is 24.3 Å². The molecule has 2 aromatic carbocycles. The largest absolute Gasteiger partial charge is 0.481 e. The Balaban J connectivity index is 1.62. The molecule has 25 heavy (non-hydrogen) atoms. The predicted molar refractivity (Wildman–Crippen MR) is 90.0 cm³/mol. The van der Waals surface area contributed by atoms with Crippen LogP contribution in [-0.4, -0.2) is 37.6 Å². The van der Waals surface area contributed by atoms with Crippen LogP contribution in [0.1, 0.15) is 22.3 Å². The Morgan fingerprint density at radius 3 is 2.36 bits per heavy atom. The van der Waals surface area contributed by atoms with Crippen LogP contribution in [0.2, 0.25) is 0 Å². The highest BCUT2D eigenvalue weighted by atomic mass is 16.4. The van der Waals surface area contributed by atoms with Crippen LogP contribution in [0.15, 0.2) is 48.5 Å². The number of aromatic nitrogens is 4. The molecule has 1 aromatic heterocycles. The Morgan fingerprint density at radius 1 is 1.04 bits per heavy atom. The minimum Gasteiger partial charge on any atom is -0.481 e. The number of aliphatic carboxylic acids is 1. The Kier molecular flexibility index (Phi) is 4.79. The fourth-order valence-corrected chi connectivity index (χ4v) is 2.26. The zero-order chi connectivity index (χ0) is 17.6. The van der Waals surface area contributed by atoms with Crippen molar-refractivity contribution in [3.8, 4) is 11.4 Å². The van der Waals surface area contributed by atoms with E-state index in [4.69, 9.17) is 5.11 Å². The fraction of sp³-hybridized carbons (Fsp3) is 0.118. The summed E-state index contributed by atoms with van der Waals surface area (Å²) < 4.78 is 0.